The molecule has 2 N–H and O–H groups in total. The molecule has 106 valence electrons. The Kier molecular flexibility index (Phi) is 5.86. The fourth-order valence-electron chi connectivity index (χ4n) is 2.69. The van der Waals surface area contributed by atoms with Gasteiger partial charge >= 0.3 is 0 Å². The number of thiophene rings is 1. The third-order valence-corrected chi connectivity index (χ3v) is 4.68. The van der Waals surface area contributed by atoms with E-state index in [2.05, 4.69) is 35.1 Å². The Morgan fingerprint density at radius 1 is 1.47 bits per heavy atom. The van der Waals surface area contributed by atoms with Gasteiger partial charge in [0.15, 0.2) is 0 Å². The van der Waals surface area contributed by atoms with Crippen LogP contribution in [0.25, 0.3) is 0 Å². The molecule has 1 atom stereocenters. The Hall–Kier alpha value is -0.870. The van der Waals surface area contributed by atoms with E-state index < -0.39 is 0 Å². The molecule has 1 unspecified atom stereocenters. The number of nitrogens with one attached hydrogen (secondary N) is 2. The van der Waals surface area contributed by atoms with Crippen LogP contribution in [0.15, 0.2) is 17.5 Å². The van der Waals surface area contributed by atoms with Crippen LogP contribution in [-0.2, 0) is 4.79 Å². The van der Waals surface area contributed by atoms with Crippen molar-refractivity contribution >= 4 is 17.2 Å². The van der Waals surface area contributed by atoms with Crippen molar-refractivity contribution in [3.8, 4) is 0 Å². The second-order valence-corrected chi connectivity index (χ2v) is 6.27. The van der Waals surface area contributed by atoms with Crippen molar-refractivity contribution in [3.63, 3.8) is 0 Å². The molecule has 19 heavy (non-hydrogen) atoms. The Morgan fingerprint density at radius 2 is 2.26 bits per heavy atom. The average Bonchev–Trinajstić information content (AvgIpc) is 3.07. The van der Waals surface area contributed by atoms with Crippen molar-refractivity contribution < 1.29 is 4.79 Å². The Bertz CT molecular complexity index is 372. The maximum atomic E-state index is 11.9. The second-order valence-electron chi connectivity index (χ2n) is 5.29. The molecular formula is C15H24N2OS. The van der Waals surface area contributed by atoms with Gasteiger partial charge < -0.3 is 10.6 Å². The number of carbonyl (C=O) groups is 1. The first-order valence-corrected chi connectivity index (χ1v) is 8.23. The van der Waals surface area contributed by atoms with Crippen molar-refractivity contribution in [3.05, 3.63) is 22.4 Å². The average molecular weight is 280 g/mol. The minimum atomic E-state index is 0.143. The fraction of sp³-hybridized carbons (Fsp3) is 0.667. The summed E-state index contributed by atoms with van der Waals surface area (Å²) in [6.45, 7) is 2.61. The Labute approximate surface area is 119 Å². The summed E-state index contributed by atoms with van der Waals surface area (Å²) in [4.78, 5) is 13.2. The van der Waals surface area contributed by atoms with E-state index in [1.807, 2.05) is 0 Å². The zero-order valence-corrected chi connectivity index (χ0v) is 12.5. The van der Waals surface area contributed by atoms with E-state index in [-0.39, 0.29) is 5.91 Å². The minimum absolute atomic E-state index is 0.143. The first-order chi connectivity index (χ1) is 9.29. The van der Waals surface area contributed by atoms with Gasteiger partial charge in [0, 0.05) is 17.0 Å². The van der Waals surface area contributed by atoms with Crippen LogP contribution in [0.4, 0.5) is 0 Å². The maximum Gasteiger partial charge on any atom is 0.234 e. The highest BCUT2D eigenvalue weighted by Crippen LogP contribution is 2.23. The molecule has 0 saturated heterocycles. The van der Waals surface area contributed by atoms with Crippen LogP contribution in [0.5, 0.6) is 0 Å². The SMILES string of the molecule is CCCC(NCC(=O)NC1CCCC1)c1cccs1. The van der Waals surface area contributed by atoms with Crippen LogP contribution in [0.3, 0.4) is 0 Å². The van der Waals surface area contributed by atoms with E-state index in [9.17, 15) is 4.79 Å². The number of hydrogen-bond acceptors (Lipinski definition) is 3. The van der Waals surface area contributed by atoms with Crippen LogP contribution >= 0.6 is 11.3 Å². The lowest BCUT2D eigenvalue weighted by atomic mass is 10.1. The van der Waals surface area contributed by atoms with Gasteiger partial charge in [-0.25, -0.2) is 0 Å². The highest BCUT2D eigenvalue weighted by atomic mass is 32.1. The first-order valence-electron chi connectivity index (χ1n) is 7.35. The Morgan fingerprint density at radius 3 is 2.89 bits per heavy atom. The molecule has 0 radical (unpaired) electrons. The molecule has 1 amide bonds. The predicted molar refractivity (Wildman–Crippen MR) is 80.4 cm³/mol. The summed E-state index contributed by atoms with van der Waals surface area (Å²) >= 11 is 1.76. The molecule has 0 bridgehead atoms. The first kappa shape index (κ1) is 14.5. The summed E-state index contributed by atoms with van der Waals surface area (Å²) in [7, 11) is 0. The molecule has 1 saturated carbocycles. The summed E-state index contributed by atoms with van der Waals surface area (Å²) in [6.07, 6.45) is 7.01. The third kappa shape index (κ3) is 4.62. The molecule has 0 aliphatic heterocycles. The van der Waals surface area contributed by atoms with E-state index in [4.69, 9.17) is 0 Å². The lowest BCUT2D eigenvalue weighted by Gasteiger charge is -2.18. The van der Waals surface area contributed by atoms with E-state index in [1.54, 1.807) is 11.3 Å². The van der Waals surface area contributed by atoms with Crippen molar-refractivity contribution in [1.29, 1.82) is 0 Å². The lowest BCUT2D eigenvalue weighted by Crippen LogP contribution is -2.40. The molecular weight excluding hydrogens is 256 g/mol. The van der Waals surface area contributed by atoms with E-state index in [1.165, 1.54) is 17.7 Å². The van der Waals surface area contributed by atoms with Gasteiger partial charge in [-0.05, 0) is 30.7 Å². The quantitative estimate of drug-likeness (QED) is 0.805. The van der Waals surface area contributed by atoms with Crippen molar-refractivity contribution in [2.75, 3.05) is 6.54 Å². The van der Waals surface area contributed by atoms with Gasteiger partial charge in [0.25, 0.3) is 0 Å². The number of rotatable bonds is 7. The third-order valence-electron chi connectivity index (χ3n) is 3.69. The summed E-state index contributed by atoms with van der Waals surface area (Å²) in [5.41, 5.74) is 0. The predicted octanol–water partition coefficient (Wildman–Crippen LogP) is 3.24. The van der Waals surface area contributed by atoms with Gasteiger partial charge in [-0.1, -0.05) is 32.3 Å². The zero-order valence-electron chi connectivity index (χ0n) is 11.7. The highest BCUT2D eigenvalue weighted by molar-refractivity contribution is 7.10. The van der Waals surface area contributed by atoms with Crippen molar-refractivity contribution in [1.82, 2.24) is 10.6 Å². The van der Waals surface area contributed by atoms with Crippen LogP contribution in [-0.4, -0.2) is 18.5 Å². The molecule has 4 heteroatoms. The summed E-state index contributed by atoms with van der Waals surface area (Å²) in [5, 5.41) is 8.61. The second kappa shape index (κ2) is 7.65. The number of hydrogen-bond donors (Lipinski definition) is 2. The molecule has 1 aromatic rings. The van der Waals surface area contributed by atoms with Gasteiger partial charge in [-0.15, -0.1) is 11.3 Å². The number of amides is 1. The summed E-state index contributed by atoms with van der Waals surface area (Å²) in [6, 6.07) is 4.95. The molecule has 1 heterocycles. The molecule has 1 aliphatic rings. The smallest absolute Gasteiger partial charge is 0.234 e. The number of carbonyl (C=O) groups excluding carboxylic acids is 1. The molecule has 1 fully saturated rings. The van der Waals surface area contributed by atoms with Gasteiger partial charge in [0.2, 0.25) is 5.91 Å². The Balaban J connectivity index is 1.76. The molecule has 1 aromatic heterocycles. The van der Waals surface area contributed by atoms with Gasteiger partial charge in [0.05, 0.1) is 6.54 Å². The van der Waals surface area contributed by atoms with E-state index in [0.717, 1.165) is 25.7 Å². The largest absolute Gasteiger partial charge is 0.352 e. The van der Waals surface area contributed by atoms with E-state index >= 15 is 0 Å². The standard InChI is InChI=1S/C15H24N2OS/c1-2-6-13(14-9-5-10-19-14)16-11-15(18)17-12-7-3-4-8-12/h5,9-10,12-13,16H,2-4,6-8,11H2,1H3,(H,17,18). The molecule has 0 spiro atoms. The highest BCUT2D eigenvalue weighted by Gasteiger charge is 2.18. The monoisotopic (exact) mass is 280 g/mol. The van der Waals surface area contributed by atoms with Crippen LogP contribution in [0, 0.1) is 0 Å². The van der Waals surface area contributed by atoms with Gasteiger partial charge in [-0.3, -0.25) is 4.79 Å². The van der Waals surface area contributed by atoms with Crippen LogP contribution in [0.2, 0.25) is 0 Å². The maximum absolute atomic E-state index is 11.9. The van der Waals surface area contributed by atoms with Crippen molar-refractivity contribution in [2.45, 2.75) is 57.5 Å². The summed E-state index contributed by atoms with van der Waals surface area (Å²) in [5.74, 6) is 0.143. The normalized spacial score (nSPS) is 17.5. The minimum Gasteiger partial charge on any atom is -0.352 e. The van der Waals surface area contributed by atoms with Gasteiger partial charge in [0.1, 0.15) is 0 Å². The molecule has 1 aliphatic carbocycles. The van der Waals surface area contributed by atoms with Crippen LogP contribution < -0.4 is 10.6 Å². The summed E-state index contributed by atoms with van der Waals surface area (Å²) < 4.78 is 0. The zero-order chi connectivity index (χ0) is 13.5. The molecule has 3 nitrogen and oxygen atoms in total. The lowest BCUT2D eigenvalue weighted by molar-refractivity contribution is -0.121. The fourth-order valence-corrected chi connectivity index (χ4v) is 3.52. The van der Waals surface area contributed by atoms with Gasteiger partial charge in [-0.2, -0.15) is 0 Å². The topological polar surface area (TPSA) is 41.1 Å². The van der Waals surface area contributed by atoms with Crippen molar-refractivity contribution in [2.24, 2.45) is 0 Å². The van der Waals surface area contributed by atoms with Crippen LogP contribution in [0.1, 0.15) is 56.4 Å². The molecule has 0 aromatic carbocycles. The molecule has 2 rings (SSSR count). The van der Waals surface area contributed by atoms with E-state index in [0.29, 0.717) is 18.6 Å².